The van der Waals surface area contributed by atoms with Crippen LogP contribution in [-0.4, -0.2) is 10.2 Å². The van der Waals surface area contributed by atoms with E-state index in [1.807, 2.05) is 0 Å². The van der Waals surface area contributed by atoms with Crippen LogP contribution in [0.1, 0.15) is 5.76 Å². The zero-order chi connectivity index (χ0) is 14.1. The van der Waals surface area contributed by atoms with Crippen LogP contribution in [0.25, 0.3) is 17.4 Å². The Bertz CT molecular complexity index is 736. The lowest BCUT2D eigenvalue weighted by atomic mass is 10.1. The number of furan rings is 1. The van der Waals surface area contributed by atoms with Gasteiger partial charge in [-0.3, -0.25) is 4.79 Å². The van der Waals surface area contributed by atoms with Crippen LogP contribution in [0.15, 0.2) is 45.7 Å². The molecule has 1 aliphatic rings. The zero-order valence-corrected chi connectivity index (χ0v) is 11.7. The number of thiocarbonyl (C=S) groups is 1. The first kappa shape index (κ1) is 13.1. The molecule has 0 saturated carbocycles. The zero-order valence-electron chi connectivity index (χ0n) is 10.1. The lowest BCUT2D eigenvalue weighted by molar-refractivity contribution is -0.115. The average Bonchev–Trinajstić information content (AvgIpc) is 2.98. The highest BCUT2D eigenvalue weighted by Gasteiger charge is 2.22. The molecule has 1 aromatic heterocycles. The molecule has 6 heteroatoms. The Balaban J connectivity index is 1.92. The van der Waals surface area contributed by atoms with E-state index >= 15 is 0 Å². The van der Waals surface area contributed by atoms with Crippen LogP contribution in [0.2, 0.25) is 0 Å². The topological polar surface area (TPSA) is 42.2 Å². The largest absolute Gasteiger partial charge is 0.457 e. The highest BCUT2D eigenvalue weighted by Crippen LogP contribution is 2.29. The van der Waals surface area contributed by atoms with Crippen molar-refractivity contribution >= 4 is 40.3 Å². The Morgan fingerprint density at radius 1 is 1.25 bits per heavy atom. The number of hydrogen-bond donors (Lipinski definition) is 1. The molecule has 1 fully saturated rings. The molecule has 3 nitrogen and oxygen atoms in total. The van der Waals surface area contributed by atoms with E-state index in [-0.39, 0.29) is 11.7 Å². The van der Waals surface area contributed by atoms with Crippen molar-refractivity contribution in [1.82, 2.24) is 5.32 Å². The van der Waals surface area contributed by atoms with Gasteiger partial charge in [0.1, 0.15) is 21.7 Å². The van der Waals surface area contributed by atoms with Gasteiger partial charge in [0.05, 0.1) is 10.5 Å². The van der Waals surface area contributed by atoms with E-state index in [4.69, 9.17) is 16.6 Å². The minimum Gasteiger partial charge on any atom is -0.457 e. The van der Waals surface area contributed by atoms with Crippen LogP contribution in [0.3, 0.4) is 0 Å². The van der Waals surface area contributed by atoms with Crippen molar-refractivity contribution in [2.45, 2.75) is 0 Å². The maximum atomic E-state index is 13.6. The summed E-state index contributed by atoms with van der Waals surface area (Å²) in [5.74, 6) is 0.297. The van der Waals surface area contributed by atoms with Gasteiger partial charge in [-0.05, 0) is 24.3 Å². The Morgan fingerprint density at radius 3 is 2.75 bits per heavy atom. The first-order chi connectivity index (χ1) is 9.63. The van der Waals surface area contributed by atoms with Gasteiger partial charge >= 0.3 is 0 Å². The molecule has 1 aliphatic heterocycles. The number of rotatable bonds is 2. The number of hydrogen-bond acceptors (Lipinski definition) is 4. The lowest BCUT2D eigenvalue weighted by Crippen LogP contribution is -2.17. The Kier molecular flexibility index (Phi) is 3.42. The molecule has 2 heterocycles. The Hall–Kier alpha value is -1.92. The van der Waals surface area contributed by atoms with E-state index in [2.05, 4.69) is 5.32 Å². The van der Waals surface area contributed by atoms with Crippen LogP contribution < -0.4 is 5.32 Å². The summed E-state index contributed by atoms with van der Waals surface area (Å²) in [6, 6.07) is 9.71. The molecule has 0 spiro atoms. The van der Waals surface area contributed by atoms with Crippen molar-refractivity contribution in [2.24, 2.45) is 0 Å². The van der Waals surface area contributed by atoms with Crippen molar-refractivity contribution in [3.63, 3.8) is 0 Å². The van der Waals surface area contributed by atoms with Crippen molar-refractivity contribution in [3.05, 3.63) is 52.9 Å². The first-order valence-electron chi connectivity index (χ1n) is 5.73. The van der Waals surface area contributed by atoms with E-state index in [1.54, 1.807) is 36.4 Å². The van der Waals surface area contributed by atoms with Gasteiger partial charge in [-0.1, -0.05) is 36.1 Å². The van der Waals surface area contributed by atoms with E-state index in [0.29, 0.717) is 26.3 Å². The fraction of sp³-hybridized carbons (Fsp3) is 0. The summed E-state index contributed by atoms with van der Waals surface area (Å²) < 4.78 is 19.6. The second-order valence-corrected chi connectivity index (χ2v) is 5.75. The van der Waals surface area contributed by atoms with Crippen LogP contribution in [0.5, 0.6) is 0 Å². The Labute approximate surface area is 123 Å². The molecular formula is C14H8FNO2S2. The van der Waals surface area contributed by atoms with Crippen molar-refractivity contribution in [3.8, 4) is 11.3 Å². The second-order valence-electron chi connectivity index (χ2n) is 4.03. The van der Waals surface area contributed by atoms with Crippen molar-refractivity contribution in [2.75, 3.05) is 0 Å². The minimum absolute atomic E-state index is 0.246. The summed E-state index contributed by atoms with van der Waals surface area (Å²) in [5.41, 5.74) is 0.385. The average molecular weight is 305 g/mol. The molecule has 1 amide bonds. The molecular weight excluding hydrogens is 297 g/mol. The third-order valence-corrected chi connectivity index (χ3v) is 3.84. The van der Waals surface area contributed by atoms with Gasteiger partial charge < -0.3 is 9.73 Å². The van der Waals surface area contributed by atoms with Crippen LogP contribution in [0, 0.1) is 5.82 Å². The summed E-state index contributed by atoms with van der Waals surface area (Å²) in [5, 5.41) is 2.52. The number of thioether (sulfide) groups is 1. The van der Waals surface area contributed by atoms with Gasteiger partial charge in [0.2, 0.25) is 0 Å². The van der Waals surface area contributed by atoms with Gasteiger partial charge in [0.15, 0.2) is 0 Å². The number of halogens is 1. The molecule has 0 aliphatic carbocycles. The number of carbonyl (C=O) groups is 1. The second kappa shape index (κ2) is 5.22. The molecule has 0 atom stereocenters. The number of benzene rings is 1. The summed E-state index contributed by atoms with van der Waals surface area (Å²) in [6.45, 7) is 0. The van der Waals surface area contributed by atoms with Gasteiger partial charge in [0.25, 0.3) is 5.91 Å². The highest BCUT2D eigenvalue weighted by molar-refractivity contribution is 8.26. The summed E-state index contributed by atoms with van der Waals surface area (Å²) >= 11 is 6.07. The number of amides is 1. The lowest BCUT2D eigenvalue weighted by Gasteiger charge is -1.97. The first-order valence-corrected chi connectivity index (χ1v) is 6.95. The minimum atomic E-state index is -0.352. The van der Waals surface area contributed by atoms with Gasteiger partial charge in [-0.25, -0.2) is 4.39 Å². The molecule has 100 valence electrons. The normalized spacial score (nSPS) is 16.8. The molecule has 3 rings (SSSR count). The van der Waals surface area contributed by atoms with E-state index in [9.17, 15) is 9.18 Å². The van der Waals surface area contributed by atoms with Crippen molar-refractivity contribution < 1.29 is 13.6 Å². The predicted octanol–water partition coefficient (Wildman–Crippen LogP) is 3.57. The summed E-state index contributed by atoms with van der Waals surface area (Å²) in [6.07, 6.45) is 1.59. The predicted molar refractivity (Wildman–Crippen MR) is 80.4 cm³/mol. The summed E-state index contributed by atoms with van der Waals surface area (Å²) in [7, 11) is 0. The van der Waals surface area contributed by atoms with E-state index < -0.39 is 0 Å². The maximum absolute atomic E-state index is 13.6. The van der Waals surface area contributed by atoms with E-state index in [1.165, 1.54) is 17.8 Å². The fourth-order valence-corrected chi connectivity index (χ4v) is 2.81. The number of carbonyl (C=O) groups excluding carboxylic acids is 1. The monoisotopic (exact) mass is 305 g/mol. The van der Waals surface area contributed by atoms with Crippen LogP contribution in [-0.2, 0) is 4.79 Å². The molecule has 1 N–H and O–H groups in total. The Morgan fingerprint density at radius 2 is 2.05 bits per heavy atom. The summed E-state index contributed by atoms with van der Waals surface area (Å²) in [4.78, 5) is 12.0. The highest BCUT2D eigenvalue weighted by atomic mass is 32.2. The van der Waals surface area contributed by atoms with E-state index in [0.717, 1.165) is 0 Å². The maximum Gasteiger partial charge on any atom is 0.263 e. The standard InChI is InChI=1S/C14H8FNO2S2/c15-10-4-2-1-3-9(10)11-6-5-8(18-11)7-12-13(17)16-14(19)20-12/h1-7H,(H,16,17,19)/b12-7-. The quantitative estimate of drug-likeness (QED) is 0.680. The SMILES string of the molecule is O=C1NC(=S)S/C1=C\c1ccc(-c2ccccc2F)o1. The van der Waals surface area contributed by atoms with Gasteiger partial charge in [-0.2, -0.15) is 0 Å². The molecule has 0 bridgehead atoms. The van der Waals surface area contributed by atoms with Gasteiger partial charge in [0, 0.05) is 6.08 Å². The van der Waals surface area contributed by atoms with Crippen LogP contribution in [0.4, 0.5) is 4.39 Å². The van der Waals surface area contributed by atoms with Gasteiger partial charge in [-0.15, -0.1) is 0 Å². The number of nitrogens with one attached hydrogen (secondary N) is 1. The third-order valence-electron chi connectivity index (χ3n) is 2.68. The molecule has 1 aromatic carbocycles. The molecule has 0 unspecified atom stereocenters. The molecule has 20 heavy (non-hydrogen) atoms. The molecule has 2 aromatic rings. The smallest absolute Gasteiger partial charge is 0.263 e. The van der Waals surface area contributed by atoms with Crippen molar-refractivity contribution in [1.29, 1.82) is 0 Å². The molecule has 0 radical (unpaired) electrons. The third kappa shape index (κ3) is 2.52. The molecule has 1 saturated heterocycles. The van der Waals surface area contributed by atoms with Crippen LogP contribution >= 0.6 is 24.0 Å². The fourth-order valence-electron chi connectivity index (χ4n) is 1.79.